The van der Waals surface area contributed by atoms with Crippen LogP contribution in [0.1, 0.15) is 17.0 Å². The van der Waals surface area contributed by atoms with E-state index in [0.717, 1.165) is 6.54 Å². The second kappa shape index (κ2) is 28.0. The molecule has 2 aromatic rings. The fourth-order valence-corrected chi connectivity index (χ4v) is 5.03. The molecule has 13 heteroatoms. The first-order valence-electron chi connectivity index (χ1n) is 17.6. The summed E-state index contributed by atoms with van der Waals surface area (Å²) >= 11 is 0. The van der Waals surface area contributed by atoms with Gasteiger partial charge < -0.3 is 57.6 Å². The summed E-state index contributed by atoms with van der Waals surface area (Å²) in [6, 6.07) is 16.6. The van der Waals surface area contributed by atoms with Crippen molar-refractivity contribution in [3.05, 3.63) is 59.7 Å². The van der Waals surface area contributed by atoms with E-state index < -0.39 is 0 Å². The van der Waals surface area contributed by atoms with Crippen LogP contribution in [0.2, 0.25) is 0 Å². The molecule has 1 amide bonds. The lowest BCUT2D eigenvalue weighted by Gasteiger charge is -2.19. The summed E-state index contributed by atoms with van der Waals surface area (Å²) < 4.78 is 55.1. The average molecular weight is 707 g/mol. The highest BCUT2D eigenvalue weighted by Crippen LogP contribution is 2.44. The highest BCUT2D eigenvalue weighted by Gasteiger charge is 2.29. The molecule has 1 aliphatic carbocycles. The Balaban J connectivity index is 1.00. The number of carbonyl (C=O) groups is 1. The second-order valence-electron chi connectivity index (χ2n) is 11.3. The van der Waals surface area contributed by atoms with Gasteiger partial charge in [0.1, 0.15) is 6.61 Å². The summed E-state index contributed by atoms with van der Waals surface area (Å²) in [4.78, 5) is 14.1. The van der Waals surface area contributed by atoms with Crippen molar-refractivity contribution < 1.29 is 52.2 Å². The van der Waals surface area contributed by atoms with Gasteiger partial charge in [-0.05, 0) is 29.3 Å². The normalized spacial score (nSPS) is 12.3. The van der Waals surface area contributed by atoms with Crippen molar-refractivity contribution in [1.82, 2.24) is 10.2 Å². The lowest BCUT2D eigenvalue weighted by Crippen LogP contribution is -2.32. The molecule has 1 N–H and O–H groups in total. The molecule has 0 aromatic heterocycles. The predicted molar refractivity (Wildman–Crippen MR) is 189 cm³/mol. The van der Waals surface area contributed by atoms with Gasteiger partial charge in [0.25, 0.3) is 0 Å². The van der Waals surface area contributed by atoms with E-state index in [9.17, 15) is 4.79 Å². The van der Waals surface area contributed by atoms with Gasteiger partial charge in [0, 0.05) is 26.1 Å². The fourth-order valence-electron chi connectivity index (χ4n) is 5.03. The Morgan fingerprint density at radius 1 is 0.540 bits per heavy atom. The minimum Gasteiger partial charge on any atom is -0.448 e. The van der Waals surface area contributed by atoms with Crippen LogP contribution in [0.15, 0.2) is 48.5 Å². The maximum absolute atomic E-state index is 12.6. The van der Waals surface area contributed by atoms with Gasteiger partial charge in [-0.1, -0.05) is 48.5 Å². The van der Waals surface area contributed by atoms with Crippen LogP contribution in [0.4, 0.5) is 4.79 Å². The first-order chi connectivity index (χ1) is 24.7. The van der Waals surface area contributed by atoms with Crippen molar-refractivity contribution in [1.29, 1.82) is 0 Å². The molecule has 13 nitrogen and oxygen atoms in total. The van der Waals surface area contributed by atoms with Crippen molar-refractivity contribution in [2.45, 2.75) is 5.92 Å². The average Bonchev–Trinajstić information content (AvgIpc) is 3.46. The molecule has 2 aromatic carbocycles. The molecule has 0 radical (unpaired) electrons. The number of hydrogen-bond donors (Lipinski definition) is 1. The van der Waals surface area contributed by atoms with E-state index in [4.69, 9.17) is 47.4 Å². The smallest absolute Gasteiger partial charge is 0.409 e. The van der Waals surface area contributed by atoms with Crippen LogP contribution < -0.4 is 5.32 Å². The van der Waals surface area contributed by atoms with Gasteiger partial charge in [-0.25, -0.2) is 4.79 Å². The Hall–Kier alpha value is -2.69. The largest absolute Gasteiger partial charge is 0.448 e. The Morgan fingerprint density at radius 2 is 0.880 bits per heavy atom. The molecule has 0 bridgehead atoms. The van der Waals surface area contributed by atoms with E-state index in [1.807, 2.05) is 31.3 Å². The number of fused-ring (bicyclic) bond motifs is 3. The fraction of sp³-hybridized carbons (Fsp3) is 0.649. The number of nitrogens with one attached hydrogen (secondary N) is 1. The highest BCUT2D eigenvalue weighted by atomic mass is 16.6. The van der Waals surface area contributed by atoms with Crippen molar-refractivity contribution in [2.75, 3.05) is 153 Å². The third kappa shape index (κ3) is 17.5. The van der Waals surface area contributed by atoms with Crippen LogP contribution in [-0.2, 0) is 47.4 Å². The second-order valence-corrected chi connectivity index (χ2v) is 11.3. The number of hydrogen-bond acceptors (Lipinski definition) is 12. The summed E-state index contributed by atoms with van der Waals surface area (Å²) in [7, 11) is 3.61. The molecule has 0 spiro atoms. The lowest BCUT2D eigenvalue weighted by atomic mass is 9.98. The number of rotatable bonds is 32. The molecular formula is C37H58N2O11. The number of nitrogens with zero attached hydrogens (tertiary/aromatic N) is 1. The quantitative estimate of drug-likeness (QED) is 0.112. The topological polar surface area (TPSA) is 125 Å². The Labute approximate surface area is 297 Å². The molecule has 0 saturated heterocycles. The molecule has 0 atom stereocenters. The van der Waals surface area contributed by atoms with E-state index in [0.29, 0.717) is 132 Å². The molecule has 282 valence electrons. The summed E-state index contributed by atoms with van der Waals surface area (Å²) in [5.74, 6) is 0.0415. The van der Waals surface area contributed by atoms with Gasteiger partial charge in [-0.15, -0.1) is 0 Å². The summed E-state index contributed by atoms with van der Waals surface area (Å²) in [6.45, 7) is 10.8. The van der Waals surface area contributed by atoms with Crippen LogP contribution in [0.3, 0.4) is 0 Å². The van der Waals surface area contributed by atoms with Crippen molar-refractivity contribution in [3.63, 3.8) is 0 Å². The van der Waals surface area contributed by atoms with E-state index in [1.54, 1.807) is 7.05 Å². The predicted octanol–water partition coefficient (Wildman–Crippen LogP) is 3.24. The maximum atomic E-state index is 12.6. The molecule has 0 saturated carbocycles. The maximum Gasteiger partial charge on any atom is 0.409 e. The molecule has 50 heavy (non-hydrogen) atoms. The zero-order valence-electron chi connectivity index (χ0n) is 30.0. The Morgan fingerprint density at radius 3 is 1.26 bits per heavy atom. The molecular weight excluding hydrogens is 648 g/mol. The summed E-state index contributed by atoms with van der Waals surface area (Å²) in [6.07, 6.45) is -0.362. The van der Waals surface area contributed by atoms with Gasteiger partial charge in [0.2, 0.25) is 0 Å². The minimum atomic E-state index is -0.362. The van der Waals surface area contributed by atoms with Gasteiger partial charge in [-0.2, -0.15) is 0 Å². The number of carbonyl (C=O) groups excluding carboxylic acids is 1. The molecule has 0 heterocycles. The van der Waals surface area contributed by atoms with E-state index in [2.05, 4.69) is 29.6 Å². The standard InChI is InChI=1S/C37H58N2O11/c1-38-11-13-41-15-17-43-19-21-45-23-25-47-27-29-49-30-28-48-26-24-46-22-20-44-18-16-42-14-12-39(2)37(40)50-31-36-34-9-5-3-7-32(34)33-8-4-6-10-35(33)36/h3-10,36,38H,11-31H2,1-2H3. The summed E-state index contributed by atoms with van der Waals surface area (Å²) in [5, 5.41) is 3.02. The van der Waals surface area contributed by atoms with Crippen molar-refractivity contribution >= 4 is 6.09 Å². The monoisotopic (exact) mass is 706 g/mol. The first-order valence-corrected chi connectivity index (χ1v) is 17.6. The first kappa shape index (κ1) is 41.7. The number of benzene rings is 2. The van der Waals surface area contributed by atoms with Crippen LogP contribution in [0, 0.1) is 0 Å². The molecule has 0 unspecified atom stereocenters. The van der Waals surface area contributed by atoms with E-state index in [-0.39, 0.29) is 12.0 Å². The number of ether oxygens (including phenoxy) is 10. The molecule has 3 rings (SSSR count). The zero-order valence-corrected chi connectivity index (χ0v) is 30.0. The number of amides is 1. The van der Waals surface area contributed by atoms with Crippen LogP contribution in [-0.4, -0.2) is 164 Å². The Bertz CT molecular complexity index is 1100. The van der Waals surface area contributed by atoms with Gasteiger partial charge >= 0.3 is 6.09 Å². The van der Waals surface area contributed by atoms with Crippen LogP contribution in [0.25, 0.3) is 11.1 Å². The van der Waals surface area contributed by atoms with Crippen LogP contribution in [0.5, 0.6) is 0 Å². The highest BCUT2D eigenvalue weighted by molar-refractivity contribution is 5.79. The van der Waals surface area contributed by atoms with Crippen molar-refractivity contribution in [2.24, 2.45) is 0 Å². The van der Waals surface area contributed by atoms with Gasteiger partial charge in [0.15, 0.2) is 0 Å². The number of likely N-dealkylation sites (N-methyl/N-ethyl adjacent to an activating group) is 2. The molecule has 0 aliphatic heterocycles. The lowest BCUT2D eigenvalue weighted by molar-refractivity contribution is -0.0251. The molecule has 0 fully saturated rings. The SMILES string of the molecule is CNCCOCCOCCOCCOCCOCCOCCOCCOCCOCCN(C)C(=O)OCC1c2ccccc2-c2ccccc21. The van der Waals surface area contributed by atoms with E-state index in [1.165, 1.54) is 27.2 Å². The third-order valence-electron chi connectivity index (χ3n) is 7.69. The van der Waals surface area contributed by atoms with Crippen molar-refractivity contribution in [3.8, 4) is 11.1 Å². The van der Waals surface area contributed by atoms with E-state index >= 15 is 0 Å². The van der Waals surface area contributed by atoms with Crippen LogP contribution >= 0.6 is 0 Å². The zero-order chi connectivity index (χ0) is 35.3. The third-order valence-corrected chi connectivity index (χ3v) is 7.69. The van der Waals surface area contributed by atoms with Gasteiger partial charge in [0.05, 0.1) is 119 Å². The van der Waals surface area contributed by atoms with Gasteiger partial charge in [-0.3, -0.25) is 0 Å². The summed E-state index contributed by atoms with van der Waals surface area (Å²) in [5.41, 5.74) is 4.80. The minimum absolute atomic E-state index is 0.0415. The molecule has 1 aliphatic rings. The Kier molecular flexibility index (Phi) is 23.3.